The third-order valence-corrected chi connectivity index (χ3v) is 5.73. The number of carbonyl (C=O) groups excluding carboxylic acids is 2. The van der Waals surface area contributed by atoms with Gasteiger partial charge >= 0.3 is 12.3 Å². The van der Waals surface area contributed by atoms with Crippen molar-refractivity contribution in [3.8, 4) is 17.0 Å². The molecule has 0 radical (unpaired) electrons. The van der Waals surface area contributed by atoms with E-state index in [2.05, 4.69) is 10.4 Å². The van der Waals surface area contributed by atoms with Crippen LogP contribution in [-0.4, -0.2) is 31.2 Å². The number of benzene rings is 3. The molecular formula is C26H19ClF3N3O4. The molecule has 1 N–H and O–H groups in total. The average Bonchev–Trinajstić information content (AvgIpc) is 2.90. The van der Waals surface area contributed by atoms with Crippen molar-refractivity contribution in [2.45, 2.75) is 6.18 Å². The molecule has 1 heterocycles. The Kier molecular flexibility index (Phi) is 7.21. The smallest absolute Gasteiger partial charge is 0.433 e. The molecule has 0 aliphatic heterocycles. The Labute approximate surface area is 214 Å². The van der Waals surface area contributed by atoms with Crippen LogP contribution in [0.4, 0.5) is 23.7 Å². The summed E-state index contributed by atoms with van der Waals surface area (Å²) in [4.78, 5) is 30.9. The third-order valence-electron chi connectivity index (χ3n) is 5.41. The average molecular weight is 530 g/mol. The molecule has 11 heteroatoms. The van der Waals surface area contributed by atoms with Crippen LogP contribution < -0.4 is 15.2 Å². The van der Waals surface area contributed by atoms with Gasteiger partial charge in [0.15, 0.2) is 5.75 Å². The van der Waals surface area contributed by atoms with Gasteiger partial charge in [-0.3, -0.25) is 10.2 Å². The minimum absolute atomic E-state index is 0.00366. The molecule has 0 bridgehead atoms. The van der Waals surface area contributed by atoms with Crippen LogP contribution in [0.15, 0.2) is 72.8 Å². The first-order chi connectivity index (χ1) is 17.7. The number of carbonyl (C=O) groups is 2. The SMILES string of the molecule is COC(=O)N(NC(=O)c1c(OC)c(-c2ccccc2)nc2ccccc12)c1cc(C(F)(F)F)ccc1Cl. The molecule has 1 aromatic heterocycles. The van der Waals surface area contributed by atoms with Gasteiger partial charge in [0.25, 0.3) is 5.91 Å². The molecule has 4 rings (SSSR count). The summed E-state index contributed by atoms with van der Waals surface area (Å²) in [5.74, 6) is -0.770. The highest BCUT2D eigenvalue weighted by atomic mass is 35.5. The van der Waals surface area contributed by atoms with Gasteiger partial charge in [0, 0.05) is 10.9 Å². The minimum Gasteiger partial charge on any atom is -0.494 e. The molecule has 2 amide bonds. The lowest BCUT2D eigenvalue weighted by atomic mass is 10.0. The molecule has 0 unspecified atom stereocenters. The Balaban J connectivity index is 1.88. The summed E-state index contributed by atoms with van der Waals surface area (Å²) in [5.41, 5.74) is 2.29. The molecule has 7 nitrogen and oxygen atoms in total. The van der Waals surface area contributed by atoms with Gasteiger partial charge in [-0.25, -0.2) is 9.78 Å². The lowest BCUT2D eigenvalue weighted by Crippen LogP contribution is -2.47. The fourth-order valence-electron chi connectivity index (χ4n) is 3.72. The molecule has 37 heavy (non-hydrogen) atoms. The van der Waals surface area contributed by atoms with Crippen molar-refractivity contribution in [1.82, 2.24) is 10.4 Å². The van der Waals surface area contributed by atoms with Crippen molar-refractivity contribution in [1.29, 1.82) is 0 Å². The zero-order chi connectivity index (χ0) is 26.7. The molecule has 0 saturated carbocycles. The van der Waals surface area contributed by atoms with Crippen LogP contribution >= 0.6 is 11.6 Å². The maximum absolute atomic E-state index is 13.7. The number of halogens is 4. The number of pyridine rings is 1. The van der Waals surface area contributed by atoms with Gasteiger partial charge in [0.1, 0.15) is 5.69 Å². The van der Waals surface area contributed by atoms with Crippen LogP contribution in [0.25, 0.3) is 22.2 Å². The first-order valence-corrected chi connectivity index (χ1v) is 11.1. The number of aromatic nitrogens is 1. The Bertz CT molecular complexity index is 1480. The van der Waals surface area contributed by atoms with Gasteiger partial charge < -0.3 is 9.47 Å². The molecule has 0 atom stereocenters. The van der Waals surface area contributed by atoms with Crippen molar-refractivity contribution in [3.63, 3.8) is 0 Å². The predicted molar refractivity (Wildman–Crippen MR) is 133 cm³/mol. The van der Waals surface area contributed by atoms with E-state index in [0.717, 1.165) is 19.2 Å². The van der Waals surface area contributed by atoms with Gasteiger partial charge in [-0.1, -0.05) is 60.1 Å². The summed E-state index contributed by atoms with van der Waals surface area (Å²) in [5, 5.41) is 0.670. The number of ether oxygens (including phenoxy) is 2. The fraction of sp³-hybridized carbons (Fsp3) is 0.115. The highest BCUT2D eigenvalue weighted by Gasteiger charge is 2.33. The summed E-state index contributed by atoms with van der Waals surface area (Å²) < 4.78 is 50.4. The fourth-order valence-corrected chi connectivity index (χ4v) is 3.93. The third kappa shape index (κ3) is 5.14. The number of hydrogen-bond donors (Lipinski definition) is 1. The van der Waals surface area contributed by atoms with Crippen molar-refractivity contribution >= 4 is 40.2 Å². The van der Waals surface area contributed by atoms with E-state index in [9.17, 15) is 22.8 Å². The van der Waals surface area contributed by atoms with E-state index in [0.29, 0.717) is 33.2 Å². The first-order valence-electron chi connectivity index (χ1n) is 10.7. The maximum Gasteiger partial charge on any atom is 0.433 e. The van der Waals surface area contributed by atoms with Gasteiger partial charge in [-0.15, -0.1) is 0 Å². The van der Waals surface area contributed by atoms with E-state index >= 15 is 0 Å². The molecule has 3 aromatic carbocycles. The van der Waals surface area contributed by atoms with Crippen molar-refractivity contribution < 1.29 is 32.2 Å². The van der Waals surface area contributed by atoms with E-state index in [-0.39, 0.29) is 16.3 Å². The molecule has 4 aromatic rings. The monoisotopic (exact) mass is 529 g/mol. The number of anilines is 1. The summed E-state index contributed by atoms with van der Waals surface area (Å²) in [6.45, 7) is 0. The summed E-state index contributed by atoms with van der Waals surface area (Å²) >= 11 is 6.13. The number of rotatable bonds is 4. The number of nitrogens with one attached hydrogen (secondary N) is 1. The summed E-state index contributed by atoms with van der Waals surface area (Å²) in [6, 6.07) is 18.1. The lowest BCUT2D eigenvalue weighted by Gasteiger charge is -2.25. The number of nitrogens with zero attached hydrogens (tertiary/aromatic N) is 2. The second-order valence-electron chi connectivity index (χ2n) is 7.66. The zero-order valence-electron chi connectivity index (χ0n) is 19.5. The van der Waals surface area contributed by atoms with Crippen LogP contribution in [0.3, 0.4) is 0 Å². The molecule has 0 saturated heterocycles. The van der Waals surface area contributed by atoms with Gasteiger partial charge in [0.05, 0.1) is 41.6 Å². The van der Waals surface area contributed by atoms with Gasteiger partial charge in [0.2, 0.25) is 0 Å². The summed E-state index contributed by atoms with van der Waals surface area (Å²) in [6.07, 6.45) is -5.89. The lowest BCUT2D eigenvalue weighted by molar-refractivity contribution is -0.137. The van der Waals surface area contributed by atoms with Crippen molar-refractivity contribution in [2.75, 3.05) is 19.2 Å². The van der Waals surface area contributed by atoms with E-state index in [1.165, 1.54) is 7.11 Å². The first kappa shape index (κ1) is 25.8. The Morgan fingerprint density at radius 3 is 2.30 bits per heavy atom. The van der Waals surface area contributed by atoms with Crippen LogP contribution in [0, 0.1) is 0 Å². The molecule has 0 spiro atoms. The molecule has 0 fully saturated rings. The number of alkyl halides is 3. The second-order valence-corrected chi connectivity index (χ2v) is 8.07. The predicted octanol–water partition coefficient (Wildman–Crippen LogP) is 6.50. The number of amides is 2. The van der Waals surface area contributed by atoms with E-state index in [1.54, 1.807) is 48.5 Å². The number of methoxy groups -OCH3 is 2. The number of hydrazine groups is 1. The molecule has 190 valence electrons. The minimum atomic E-state index is -4.72. The van der Waals surface area contributed by atoms with Gasteiger partial charge in [-0.05, 0) is 24.3 Å². The number of para-hydroxylation sites is 1. The quantitative estimate of drug-likeness (QED) is 0.305. The number of fused-ring (bicyclic) bond motifs is 1. The molecule has 0 aliphatic carbocycles. The standard InChI is InChI=1S/C26H19ClF3N3O4/c1-36-23-21(17-10-6-7-11-19(17)31-22(23)15-8-4-3-5-9-15)24(34)32-33(25(35)37-2)20-14-16(26(28,29)30)12-13-18(20)27/h3-14H,1-2H3,(H,32,34). The highest BCUT2D eigenvalue weighted by molar-refractivity contribution is 6.33. The normalized spacial score (nSPS) is 11.2. The topological polar surface area (TPSA) is 80.8 Å². The Hall–Kier alpha value is -4.31. The van der Waals surface area contributed by atoms with Crippen molar-refractivity contribution in [3.05, 3.63) is 88.9 Å². The largest absolute Gasteiger partial charge is 0.494 e. The van der Waals surface area contributed by atoms with Crippen LogP contribution in [-0.2, 0) is 10.9 Å². The molecular weight excluding hydrogens is 511 g/mol. The second kappa shape index (κ2) is 10.4. The highest BCUT2D eigenvalue weighted by Crippen LogP contribution is 2.38. The summed E-state index contributed by atoms with van der Waals surface area (Å²) in [7, 11) is 2.37. The van der Waals surface area contributed by atoms with E-state index in [4.69, 9.17) is 21.1 Å². The van der Waals surface area contributed by atoms with E-state index in [1.807, 2.05) is 6.07 Å². The van der Waals surface area contributed by atoms with Crippen LogP contribution in [0.1, 0.15) is 15.9 Å². The number of hydrogen-bond acceptors (Lipinski definition) is 5. The Morgan fingerprint density at radius 1 is 0.973 bits per heavy atom. The van der Waals surface area contributed by atoms with Crippen LogP contribution in [0.5, 0.6) is 5.75 Å². The maximum atomic E-state index is 13.7. The Morgan fingerprint density at radius 2 is 1.65 bits per heavy atom. The van der Waals surface area contributed by atoms with Gasteiger partial charge in [-0.2, -0.15) is 18.2 Å². The van der Waals surface area contributed by atoms with Crippen molar-refractivity contribution in [2.24, 2.45) is 0 Å². The van der Waals surface area contributed by atoms with Crippen LogP contribution in [0.2, 0.25) is 5.02 Å². The molecule has 0 aliphatic rings. The zero-order valence-corrected chi connectivity index (χ0v) is 20.2. The van der Waals surface area contributed by atoms with E-state index < -0.39 is 29.4 Å².